The van der Waals surface area contributed by atoms with E-state index >= 15 is 0 Å². The number of hydrogen-bond acceptors (Lipinski definition) is 5. The summed E-state index contributed by atoms with van der Waals surface area (Å²) in [6, 6.07) is 5.07. The number of sulfonamides is 1. The fourth-order valence-electron chi connectivity index (χ4n) is 2.48. The predicted molar refractivity (Wildman–Crippen MR) is 101 cm³/mol. The maximum absolute atomic E-state index is 12.5. The van der Waals surface area contributed by atoms with E-state index in [2.05, 4.69) is 15.4 Å². The normalized spacial score (nSPS) is 13.1. The lowest BCUT2D eigenvalue weighted by molar-refractivity contribution is -0.134. The molecule has 26 heavy (non-hydrogen) atoms. The van der Waals surface area contributed by atoms with Crippen molar-refractivity contribution in [2.45, 2.75) is 44.6 Å². The highest BCUT2D eigenvalue weighted by Gasteiger charge is 2.34. The number of carbonyl (C=O) groups is 2. The Morgan fingerprint density at radius 1 is 1.23 bits per heavy atom. The van der Waals surface area contributed by atoms with E-state index in [9.17, 15) is 18.0 Å². The fourth-order valence-corrected chi connectivity index (χ4v) is 3.25. The molecule has 0 fully saturated rings. The molecule has 1 rings (SSSR count). The van der Waals surface area contributed by atoms with Gasteiger partial charge in [-0.1, -0.05) is 19.9 Å². The van der Waals surface area contributed by atoms with Gasteiger partial charge in [0, 0.05) is 12.2 Å². The summed E-state index contributed by atoms with van der Waals surface area (Å²) >= 11 is 0. The zero-order valence-corrected chi connectivity index (χ0v) is 16.4. The van der Waals surface area contributed by atoms with E-state index in [4.69, 9.17) is 5.73 Å². The highest BCUT2D eigenvalue weighted by molar-refractivity contribution is 7.89. The third-order valence-electron chi connectivity index (χ3n) is 4.65. The van der Waals surface area contributed by atoms with Crippen LogP contribution in [-0.2, 0) is 19.6 Å². The third kappa shape index (κ3) is 5.03. The van der Waals surface area contributed by atoms with Crippen molar-refractivity contribution in [1.82, 2.24) is 10.0 Å². The van der Waals surface area contributed by atoms with Crippen molar-refractivity contribution in [2.24, 2.45) is 11.1 Å². The van der Waals surface area contributed by atoms with E-state index in [1.807, 2.05) is 13.8 Å². The first-order chi connectivity index (χ1) is 12.2. The predicted octanol–water partition coefficient (Wildman–Crippen LogP) is 0.803. The largest absolute Gasteiger partial charge is 0.344 e. The van der Waals surface area contributed by atoms with Crippen molar-refractivity contribution in [2.75, 3.05) is 18.9 Å². The molecule has 2 amide bonds. The Hall–Kier alpha value is -1.97. The van der Waals surface area contributed by atoms with Crippen molar-refractivity contribution >= 4 is 27.5 Å². The average molecular weight is 385 g/mol. The van der Waals surface area contributed by atoms with Crippen molar-refractivity contribution in [3.8, 4) is 0 Å². The first-order valence-corrected chi connectivity index (χ1v) is 9.99. The first kappa shape index (κ1) is 22.1. The Balaban J connectivity index is 2.85. The summed E-state index contributed by atoms with van der Waals surface area (Å²) < 4.78 is 25.9. The Labute approximate surface area is 155 Å². The van der Waals surface area contributed by atoms with Crippen LogP contribution in [0.15, 0.2) is 29.2 Å². The summed E-state index contributed by atoms with van der Waals surface area (Å²) in [6.45, 7) is 5.53. The molecule has 1 atom stereocenters. The van der Waals surface area contributed by atoms with Gasteiger partial charge in [0.15, 0.2) is 0 Å². The molecule has 1 aromatic rings. The Morgan fingerprint density at radius 2 is 1.85 bits per heavy atom. The number of rotatable bonds is 9. The molecule has 0 aliphatic carbocycles. The van der Waals surface area contributed by atoms with Crippen LogP contribution in [-0.4, -0.2) is 39.9 Å². The van der Waals surface area contributed by atoms with Crippen molar-refractivity contribution in [3.63, 3.8) is 0 Å². The van der Waals surface area contributed by atoms with E-state index in [-0.39, 0.29) is 17.3 Å². The van der Waals surface area contributed by atoms with Crippen LogP contribution < -0.4 is 21.1 Å². The van der Waals surface area contributed by atoms with Crippen LogP contribution in [0.25, 0.3) is 0 Å². The van der Waals surface area contributed by atoms with Gasteiger partial charge in [-0.2, -0.15) is 0 Å². The molecule has 0 aromatic heterocycles. The van der Waals surface area contributed by atoms with E-state index in [0.717, 1.165) is 0 Å². The molecule has 0 aliphatic heterocycles. The number of nitrogens with two attached hydrogens (primary N) is 1. The molecule has 0 aliphatic rings. The topological polar surface area (TPSA) is 130 Å². The third-order valence-corrected chi connectivity index (χ3v) is 6.06. The molecule has 8 nitrogen and oxygen atoms in total. The van der Waals surface area contributed by atoms with Crippen molar-refractivity contribution in [3.05, 3.63) is 24.3 Å². The lowest BCUT2D eigenvalue weighted by atomic mass is 9.81. The number of hydrogen-bond donors (Lipinski definition) is 4. The summed E-state index contributed by atoms with van der Waals surface area (Å²) in [5.74, 6) is -0.713. The maximum atomic E-state index is 12.5. The highest BCUT2D eigenvalue weighted by Crippen LogP contribution is 2.25. The smallest absolute Gasteiger partial charge is 0.246 e. The number of carbonyl (C=O) groups excluding carboxylic acids is 2. The van der Waals surface area contributed by atoms with Crippen LogP contribution in [0, 0.1) is 5.41 Å². The fraction of sp³-hybridized carbons (Fsp3) is 0.529. The maximum Gasteiger partial charge on any atom is 0.246 e. The number of amides is 2. The molecule has 1 unspecified atom stereocenters. The summed E-state index contributed by atoms with van der Waals surface area (Å²) in [6.07, 6.45) is 1.15. The van der Waals surface area contributed by atoms with Gasteiger partial charge in [-0.05, 0) is 45.0 Å². The van der Waals surface area contributed by atoms with Gasteiger partial charge in [0.05, 0.1) is 10.3 Å². The highest BCUT2D eigenvalue weighted by atomic mass is 32.2. The number of nitrogens with one attached hydrogen (secondary N) is 3. The molecular weight excluding hydrogens is 356 g/mol. The number of anilines is 1. The second-order valence-electron chi connectivity index (χ2n) is 6.11. The van der Waals surface area contributed by atoms with E-state index in [0.29, 0.717) is 18.5 Å². The molecular formula is C17H28N4O4S. The molecule has 0 saturated heterocycles. The van der Waals surface area contributed by atoms with Crippen molar-refractivity contribution in [1.29, 1.82) is 0 Å². The minimum absolute atomic E-state index is 0.0357. The Kier molecular flexibility index (Phi) is 7.73. The summed E-state index contributed by atoms with van der Waals surface area (Å²) in [5.41, 5.74) is 5.38. The van der Waals surface area contributed by atoms with Crippen LogP contribution in [0.4, 0.5) is 5.69 Å². The van der Waals surface area contributed by atoms with Crippen LogP contribution in [0.2, 0.25) is 0 Å². The quantitative estimate of drug-likeness (QED) is 0.500. The van der Waals surface area contributed by atoms with Gasteiger partial charge in [0.1, 0.15) is 6.04 Å². The molecule has 0 saturated carbocycles. The van der Waals surface area contributed by atoms with Gasteiger partial charge < -0.3 is 16.4 Å². The molecule has 1 aromatic carbocycles. The van der Waals surface area contributed by atoms with Crippen LogP contribution >= 0.6 is 0 Å². The Morgan fingerprint density at radius 3 is 2.35 bits per heavy atom. The molecule has 5 N–H and O–H groups in total. The van der Waals surface area contributed by atoms with E-state index in [1.54, 1.807) is 13.0 Å². The molecule has 9 heteroatoms. The molecule has 0 spiro atoms. The standard InChI is InChI=1S/C17H28N4O4S/c1-5-17(6-2,11-18)16(23)20-12(3)15(22)21-13-8-7-9-14(10-13)26(24,25)19-4/h7-10,12,19H,5-6,11,18H2,1-4H3,(H,20,23)(H,21,22). The van der Waals surface area contributed by atoms with Gasteiger partial charge in [-0.25, -0.2) is 13.1 Å². The van der Waals surface area contributed by atoms with Crippen LogP contribution in [0.1, 0.15) is 33.6 Å². The SMILES string of the molecule is CCC(CC)(CN)C(=O)NC(C)C(=O)Nc1cccc(S(=O)(=O)NC)c1. The first-order valence-electron chi connectivity index (χ1n) is 8.51. The zero-order chi connectivity index (χ0) is 20.0. The lowest BCUT2D eigenvalue weighted by Gasteiger charge is -2.30. The van der Waals surface area contributed by atoms with Gasteiger partial charge in [0.25, 0.3) is 0 Å². The van der Waals surface area contributed by atoms with Gasteiger partial charge in [-0.3, -0.25) is 9.59 Å². The molecule has 0 heterocycles. The summed E-state index contributed by atoms with van der Waals surface area (Å²) in [5, 5.41) is 5.30. The minimum Gasteiger partial charge on any atom is -0.344 e. The van der Waals surface area contributed by atoms with Gasteiger partial charge in [-0.15, -0.1) is 0 Å². The second kappa shape index (κ2) is 9.11. The van der Waals surface area contributed by atoms with Crippen molar-refractivity contribution < 1.29 is 18.0 Å². The van der Waals surface area contributed by atoms with E-state index in [1.165, 1.54) is 25.2 Å². The monoisotopic (exact) mass is 384 g/mol. The Bertz CT molecular complexity index is 737. The zero-order valence-electron chi connectivity index (χ0n) is 15.6. The van der Waals surface area contributed by atoms with Gasteiger partial charge >= 0.3 is 0 Å². The molecule has 146 valence electrons. The molecule has 0 bridgehead atoms. The van der Waals surface area contributed by atoms with Crippen LogP contribution in [0.5, 0.6) is 0 Å². The van der Waals surface area contributed by atoms with Gasteiger partial charge in [0.2, 0.25) is 21.8 Å². The summed E-state index contributed by atoms with van der Waals surface area (Å²) in [7, 11) is -2.30. The number of benzene rings is 1. The lowest BCUT2D eigenvalue weighted by Crippen LogP contribution is -2.51. The summed E-state index contributed by atoms with van der Waals surface area (Å²) in [4.78, 5) is 24.9. The minimum atomic E-state index is -3.61. The second-order valence-corrected chi connectivity index (χ2v) is 8.00. The average Bonchev–Trinajstić information content (AvgIpc) is 2.63. The van der Waals surface area contributed by atoms with Crippen LogP contribution in [0.3, 0.4) is 0 Å². The molecule has 0 radical (unpaired) electrons. The van der Waals surface area contributed by atoms with E-state index < -0.39 is 27.4 Å².